The molecule has 1 saturated carbocycles. The van der Waals surface area contributed by atoms with Gasteiger partial charge in [0.1, 0.15) is 5.75 Å². The zero-order valence-electron chi connectivity index (χ0n) is 17.0. The summed E-state index contributed by atoms with van der Waals surface area (Å²) in [5, 5.41) is 9.98. The van der Waals surface area contributed by atoms with Crippen LogP contribution in [0, 0.1) is 12.8 Å². The molecule has 3 aliphatic rings. The molecule has 1 aliphatic carbocycles. The van der Waals surface area contributed by atoms with Gasteiger partial charge in [-0.1, -0.05) is 6.07 Å². The smallest absolute Gasteiger partial charge is 0.254 e. The van der Waals surface area contributed by atoms with Crippen LogP contribution in [0.25, 0.3) is 0 Å². The topological polar surface area (TPSA) is 64.1 Å². The normalized spacial score (nSPS) is 26.6. The zero-order chi connectivity index (χ0) is 19.9. The Hall–Kier alpha value is -2.08. The van der Waals surface area contributed by atoms with Gasteiger partial charge < -0.3 is 14.9 Å². The lowest BCUT2D eigenvalue weighted by molar-refractivity contribution is -0.130. The fourth-order valence-electron chi connectivity index (χ4n) is 4.70. The molecule has 1 atom stereocenters. The van der Waals surface area contributed by atoms with Crippen molar-refractivity contribution >= 4 is 11.8 Å². The van der Waals surface area contributed by atoms with Crippen LogP contribution < -0.4 is 0 Å². The van der Waals surface area contributed by atoms with E-state index in [4.69, 9.17) is 0 Å². The predicted octanol–water partition coefficient (Wildman–Crippen LogP) is 2.25. The number of phenols is 1. The molecular formula is C22H31N3O3. The van der Waals surface area contributed by atoms with E-state index in [1.807, 2.05) is 4.90 Å². The van der Waals surface area contributed by atoms with E-state index in [1.165, 1.54) is 12.8 Å². The van der Waals surface area contributed by atoms with Gasteiger partial charge in [-0.05, 0) is 57.7 Å². The van der Waals surface area contributed by atoms with Crippen molar-refractivity contribution in [1.29, 1.82) is 0 Å². The van der Waals surface area contributed by atoms with Crippen LogP contribution in [0.3, 0.4) is 0 Å². The van der Waals surface area contributed by atoms with Crippen molar-refractivity contribution in [2.45, 2.75) is 44.6 Å². The second-order valence-corrected chi connectivity index (χ2v) is 8.86. The number of aromatic hydroxyl groups is 1. The quantitative estimate of drug-likeness (QED) is 0.867. The number of nitrogens with zero attached hydrogens (tertiary/aromatic N) is 3. The van der Waals surface area contributed by atoms with Crippen molar-refractivity contribution in [2.75, 3.05) is 39.8 Å². The monoisotopic (exact) mass is 385 g/mol. The van der Waals surface area contributed by atoms with E-state index in [1.54, 1.807) is 25.1 Å². The van der Waals surface area contributed by atoms with Gasteiger partial charge in [0.25, 0.3) is 5.91 Å². The molecule has 2 heterocycles. The molecule has 0 bridgehead atoms. The van der Waals surface area contributed by atoms with Gasteiger partial charge in [-0.2, -0.15) is 0 Å². The van der Waals surface area contributed by atoms with Gasteiger partial charge in [0.2, 0.25) is 5.91 Å². The van der Waals surface area contributed by atoms with Gasteiger partial charge in [-0.15, -0.1) is 0 Å². The van der Waals surface area contributed by atoms with Crippen LogP contribution >= 0.6 is 0 Å². The molecule has 28 heavy (non-hydrogen) atoms. The summed E-state index contributed by atoms with van der Waals surface area (Å²) >= 11 is 0. The Morgan fingerprint density at radius 1 is 1.21 bits per heavy atom. The number of piperazine rings is 1. The fourth-order valence-corrected chi connectivity index (χ4v) is 4.70. The van der Waals surface area contributed by atoms with Crippen molar-refractivity contribution in [3.8, 4) is 5.75 Å². The van der Waals surface area contributed by atoms with Gasteiger partial charge in [0.05, 0.1) is 0 Å². The van der Waals surface area contributed by atoms with Crippen molar-refractivity contribution < 1.29 is 14.7 Å². The number of amides is 2. The number of rotatable bonds is 3. The summed E-state index contributed by atoms with van der Waals surface area (Å²) in [7, 11) is 2.13. The molecule has 0 aromatic heterocycles. The first kappa shape index (κ1) is 19.2. The Labute approximate surface area is 167 Å². The van der Waals surface area contributed by atoms with Crippen LogP contribution in [0.5, 0.6) is 5.75 Å². The van der Waals surface area contributed by atoms with Crippen LogP contribution in [-0.2, 0) is 4.79 Å². The first-order valence-corrected chi connectivity index (χ1v) is 10.5. The second-order valence-electron chi connectivity index (χ2n) is 8.86. The lowest BCUT2D eigenvalue weighted by Gasteiger charge is -2.49. The molecule has 4 rings (SSSR count). The van der Waals surface area contributed by atoms with Crippen LogP contribution in [-0.4, -0.2) is 76.9 Å². The first-order valence-electron chi connectivity index (χ1n) is 10.5. The minimum Gasteiger partial charge on any atom is -0.508 e. The second kappa shape index (κ2) is 7.39. The van der Waals surface area contributed by atoms with Crippen LogP contribution in [0.4, 0.5) is 0 Å². The molecule has 0 radical (unpaired) electrons. The Kier molecular flexibility index (Phi) is 5.08. The highest BCUT2D eigenvalue weighted by molar-refractivity contribution is 5.96. The third-order valence-corrected chi connectivity index (χ3v) is 7.00. The van der Waals surface area contributed by atoms with E-state index in [2.05, 4.69) is 16.8 Å². The van der Waals surface area contributed by atoms with Gasteiger partial charge in [-0.3, -0.25) is 14.5 Å². The number of hydrogen-bond acceptors (Lipinski definition) is 4. The minimum absolute atomic E-state index is 0.0220. The molecule has 1 spiro atoms. The summed E-state index contributed by atoms with van der Waals surface area (Å²) < 4.78 is 0. The lowest BCUT2D eigenvalue weighted by atomic mass is 9.86. The first-order chi connectivity index (χ1) is 13.4. The molecule has 1 aromatic carbocycles. The Bertz CT molecular complexity index is 776. The average Bonchev–Trinajstić information content (AvgIpc) is 3.51. The van der Waals surface area contributed by atoms with Crippen LogP contribution in [0.2, 0.25) is 0 Å². The van der Waals surface area contributed by atoms with Gasteiger partial charge in [0, 0.05) is 55.8 Å². The highest BCUT2D eigenvalue weighted by Gasteiger charge is 2.44. The predicted molar refractivity (Wildman–Crippen MR) is 107 cm³/mol. The number of hydrogen-bond donors (Lipinski definition) is 1. The van der Waals surface area contributed by atoms with E-state index in [-0.39, 0.29) is 23.1 Å². The standard InChI is InChI=1S/C22H31N3O3/c1-16-18(4-3-5-19(16)26)21(28)25-13-12-23(2)22(15-25)9-8-20(27)24(11-10-22)14-17-6-7-17/h3-5,17,26H,6-15H2,1-2H3/t22-/m1/s1. The van der Waals surface area contributed by atoms with Crippen molar-refractivity contribution in [3.63, 3.8) is 0 Å². The molecule has 6 heteroatoms. The fraction of sp³-hybridized carbons (Fsp3) is 0.636. The average molecular weight is 386 g/mol. The highest BCUT2D eigenvalue weighted by Crippen LogP contribution is 2.35. The minimum atomic E-state index is -0.146. The molecular weight excluding hydrogens is 354 g/mol. The van der Waals surface area contributed by atoms with Crippen LogP contribution in [0.1, 0.15) is 48.0 Å². The molecule has 152 valence electrons. The maximum Gasteiger partial charge on any atom is 0.254 e. The Morgan fingerprint density at radius 2 is 2.00 bits per heavy atom. The number of phenolic OH excluding ortho intramolecular Hbond substituents is 1. The summed E-state index contributed by atoms with van der Waals surface area (Å²) in [5.41, 5.74) is 1.05. The number of benzene rings is 1. The summed E-state index contributed by atoms with van der Waals surface area (Å²) in [6.07, 6.45) is 4.77. The molecule has 3 fully saturated rings. The van der Waals surface area contributed by atoms with E-state index < -0.39 is 0 Å². The maximum absolute atomic E-state index is 13.2. The maximum atomic E-state index is 13.2. The molecule has 2 amide bonds. The van der Waals surface area contributed by atoms with Gasteiger partial charge in [0.15, 0.2) is 0 Å². The molecule has 2 saturated heterocycles. The van der Waals surface area contributed by atoms with E-state index in [0.717, 1.165) is 32.5 Å². The zero-order valence-corrected chi connectivity index (χ0v) is 17.0. The molecule has 0 unspecified atom stereocenters. The van der Waals surface area contributed by atoms with Crippen molar-refractivity contribution in [3.05, 3.63) is 29.3 Å². The van der Waals surface area contributed by atoms with Gasteiger partial charge in [-0.25, -0.2) is 0 Å². The summed E-state index contributed by atoms with van der Waals surface area (Å²) in [6.45, 7) is 5.60. The summed E-state index contributed by atoms with van der Waals surface area (Å²) in [5.74, 6) is 1.11. The third kappa shape index (κ3) is 3.62. The largest absolute Gasteiger partial charge is 0.508 e. The summed E-state index contributed by atoms with van der Waals surface area (Å²) in [4.78, 5) is 32.2. The SMILES string of the molecule is Cc1c(O)cccc1C(=O)N1CCN(C)[C@@]2(CCC(=O)N(CC3CC3)CC2)C1. The summed E-state index contributed by atoms with van der Waals surface area (Å²) in [6, 6.07) is 5.13. The number of likely N-dealkylation sites (N-methyl/N-ethyl adjacent to an activating group) is 1. The van der Waals surface area contributed by atoms with Crippen molar-refractivity contribution in [2.24, 2.45) is 5.92 Å². The van der Waals surface area contributed by atoms with Crippen LogP contribution in [0.15, 0.2) is 18.2 Å². The lowest BCUT2D eigenvalue weighted by Crippen LogP contribution is -2.62. The third-order valence-electron chi connectivity index (χ3n) is 7.00. The molecule has 2 aliphatic heterocycles. The molecule has 1 aromatic rings. The number of carbonyl (C=O) groups excluding carboxylic acids is 2. The van der Waals surface area contributed by atoms with Gasteiger partial charge >= 0.3 is 0 Å². The van der Waals surface area contributed by atoms with E-state index in [0.29, 0.717) is 36.6 Å². The molecule has 1 N–H and O–H groups in total. The number of likely N-dealkylation sites (tertiary alicyclic amines) is 1. The van der Waals surface area contributed by atoms with Crippen molar-refractivity contribution in [1.82, 2.24) is 14.7 Å². The number of carbonyl (C=O) groups is 2. The Morgan fingerprint density at radius 3 is 2.75 bits per heavy atom. The molecule has 6 nitrogen and oxygen atoms in total. The van der Waals surface area contributed by atoms with E-state index in [9.17, 15) is 14.7 Å². The Balaban J connectivity index is 1.51. The highest BCUT2D eigenvalue weighted by atomic mass is 16.3. The van der Waals surface area contributed by atoms with E-state index >= 15 is 0 Å².